The van der Waals surface area contributed by atoms with Crippen molar-refractivity contribution in [1.82, 2.24) is 9.97 Å². The van der Waals surface area contributed by atoms with Crippen LogP contribution in [-0.2, 0) is 0 Å². The number of aromatic amines is 1. The second-order valence-electron chi connectivity index (χ2n) is 5.36. The fourth-order valence-corrected chi connectivity index (χ4v) is 2.50. The third-order valence-electron chi connectivity index (χ3n) is 3.71. The zero-order valence-electron chi connectivity index (χ0n) is 12.0. The molecule has 0 amide bonds. The number of hydrogen-bond donors (Lipinski definition) is 2. The maximum atomic E-state index is 13.9. The summed E-state index contributed by atoms with van der Waals surface area (Å²) in [6, 6.07) is 2.98. The average Bonchev–Trinajstić information content (AvgIpc) is 2.93. The highest BCUT2D eigenvalue weighted by Gasteiger charge is 2.20. The Hall–Kier alpha value is -2.69. The van der Waals surface area contributed by atoms with Gasteiger partial charge in [0.15, 0.2) is 5.82 Å². The molecule has 0 saturated heterocycles. The van der Waals surface area contributed by atoms with Gasteiger partial charge >= 0.3 is 5.97 Å². The molecule has 0 saturated carbocycles. The van der Waals surface area contributed by atoms with Crippen LogP contribution in [-0.4, -0.2) is 21.0 Å². The lowest BCUT2D eigenvalue weighted by atomic mass is 9.95. The molecule has 1 unspecified atom stereocenters. The van der Waals surface area contributed by atoms with Crippen molar-refractivity contribution in [3.05, 3.63) is 59.8 Å². The van der Waals surface area contributed by atoms with Crippen LogP contribution >= 0.6 is 0 Å². The molecule has 112 valence electrons. The van der Waals surface area contributed by atoms with Crippen molar-refractivity contribution in [3.8, 4) is 11.3 Å². The van der Waals surface area contributed by atoms with Crippen molar-refractivity contribution in [3.63, 3.8) is 0 Å². The van der Waals surface area contributed by atoms with Crippen LogP contribution in [0.25, 0.3) is 16.8 Å². The van der Waals surface area contributed by atoms with Gasteiger partial charge in [-0.1, -0.05) is 25.2 Å². The predicted octanol–water partition coefficient (Wildman–Crippen LogP) is 3.89. The Kier molecular flexibility index (Phi) is 3.63. The molecule has 3 rings (SSSR count). The second kappa shape index (κ2) is 5.60. The Morgan fingerprint density at radius 3 is 2.95 bits per heavy atom. The van der Waals surface area contributed by atoms with Crippen molar-refractivity contribution in [2.24, 2.45) is 5.92 Å². The molecule has 0 fully saturated rings. The van der Waals surface area contributed by atoms with Crippen LogP contribution in [0, 0.1) is 11.7 Å². The smallest absolute Gasteiger partial charge is 0.337 e. The first kappa shape index (κ1) is 14.3. The molecule has 0 spiro atoms. The largest absolute Gasteiger partial charge is 0.478 e. The number of hydrogen-bond acceptors (Lipinski definition) is 2. The minimum Gasteiger partial charge on any atom is -0.478 e. The molecule has 2 aromatic heterocycles. The highest BCUT2D eigenvalue weighted by molar-refractivity contribution is 5.96. The number of carbonyl (C=O) groups is 1. The number of pyridine rings is 1. The van der Waals surface area contributed by atoms with Gasteiger partial charge in [0.2, 0.25) is 0 Å². The summed E-state index contributed by atoms with van der Waals surface area (Å²) in [7, 11) is 0. The highest BCUT2D eigenvalue weighted by Crippen LogP contribution is 2.30. The molecule has 0 aliphatic heterocycles. The quantitative estimate of drug-likeness (QED) is 0.903. The number of aromatic nitrogens is 2. The molecule has 0 bridgehead atoms. The molecule has 0 radical (unpaired) electrons. The Morgan fingerprint density at radius 1 is 1.50 bits per heavy atom. The van der Waals surface area contributed by atoms with Gasteiger partial charge in [-0.2, -0.15) is 0 Å². The van der Waals surface area contributed by atoms with E-state index in [1.165, 1.54) is 18.3 Å². The summed E-state index contributed by atoms with van der Waals surface area (Å²) in [5, 5.41) is 9.40. The van der Waals surface area contributed by atoms with Crippen molar-refractivity contribution >= 4 is 11.5 Å². The van der Waals surface area contributed by atoms with Crippen molar-refractivity contribution < 1.29 is 14.3 Å². The first-order valence-corrected chi connectivity index (χ1v) is 7.01. The Labute approximate surface area is 127 Å². The highest BCUT2D eigenvalue weighted by atomic mass is 19.1. The lowest BCUT2D eigenvalue weighted by molar-refractivity contribution is 0.0697. The number of carboxylic acids is 1. The molecule has 4 nitrogen and oxygen atoms in total. The number of halogens is 1. The molecular weight excluding hydrogens is 283 g/mol. The van der Waals surface area contributed by atoms with E-state index in [0.717, 1.165) is 18.2 Å². The van der Waals surface area contributed by atoms with Crippen LogP contribution in [0.2, 0.25) is 0 Å². The SMILES string of the molecule is CC1C=CC(c2[nH]c(-c3ccncc3F)cc2C(=O)O)=CC1. The van der Waals surface area contributed by atoms with Crippen LogP contribution in [0.3, 0.4) is 0 Å². The topological polar surface area (TPSA) is 66.0 Å². The maximum absolute atomic E-state index is 13.9. The van der Waals surface area contributed by atoms with Gasteiger partial charge in [-0.25, -0.2) is 9.18 Å². The fourth-order valence-electron chi connectivity index (χ4n) is 2.50. The van der Waals surface area contributed by atoms with E-state index in [-0.39, 0.29) is 5.56 Å². The third kappa shape index (κ3) is 2.57. The standard InChI is InChI=1S/C17H15FN2O2/c1-10-2-4-11(5-3-10)16-13(17(21)22)8-15(20-16)12-6-7-19-9-14(12)18/h2,4-10,20H,3H2,1H3,(H,21,22). The predicted molar refractivity (Wildman–Crippen MR) is 81.8 cm³/mol. The number of H-pyrrole nitrogens is 1. The Morgan fingerprint density at radius 2 is 2.32 bits per heavy atom. The third-order valence-corrected chi connectivity index (χ3v) is 3.71. The van der Waals surface area contributed by atoms with E-state index in [0.29, 0.717) is 22.9 Å². The maximum Gasteiger partial charge on any atom is 0.337 e. The van der Waals surface area contributed by atoms with Crippen LogP contribution in [0.5, 0.6) is 0 Å². The number of allylic oxidation sites excluding steroid dienone is 4. The molecule has 2 heterocycles. The summed E-state index contributed by atoms with van der Waals surface area (Å²) in [6.07, 6.45) is 9.37. The second-order valence-corrected chi connectivity index (χ2v) is 5.36. The van der Waals surface area contributed by atoms with Gasteiger partial charge in [-0.15, -0.1) is 0 Å². The summed E-state index contributed by atoms with van der Waals surface area (Å²) in [5.41, 5.74) is 2.19. The average molecular weight is 298 g/mol. The van der Waals surface area contributed by atoms with E-state index < -0.39 is 11.8 Å². The van der Waals surface area contributed by atoms with Gasteiger partial charge in [0.1, 0.15) is 0 Å². The van der Waals surface area contributed by atoms with Gasteiger partial charge in [0.05, 0.1) is 17.5 Å². The van der Waals surface area contributed by atoms with E-state index >= 15 is 0 Å². The van der Waals surface area contributed by atoms with E-state index in [9.17, 15) is 14.3 Å². The van der Waals surface area contributed by atoms with Crippen LogP contribution in [0.1, 0.15) is 29.4 Å². The van der Waals surface area contributed by atoms with Gasteiger partial charge in [0.25, 0.3) is 0 Å². The first-order chi connectivity index (χ1) is 10.6. The minimum absolute atomic E-state index is 0.136. The molecule has 2 N–H and O–H groups in total. The normalized spacial score (nSPS) is 17.4. The molecular formula is C17H15FN2O2. The fraction of sp³-hybridized carbons (Fsp3) is 0.176. The van der Waals surface area contributed by atoms with E-state index in [4.69, 9.17) is 0 Å². The lowest BCUT2D eigenvalue weighted by Crippen LogP contribution is -2.01. The van der Waals surface area contributed by atoms with E-state index in [1.54, 1.807) is 0 Å². The van der Waals surface area contributed by atoms with E-state index in [1.807, 2.05) is 18.2 Å². The molecule has 2 aromatic rings. The van der Waals surface area contributed by atoms with Crippen molar-refractivity contribution in [2.75, 3.05) is 0 Å². The molecule has 5 heteroatoms. The number of carboxylic acid groups (broad SMARTS) is 1. The van der Waals surface area contributed by atoms with Gasteiger partial charge < -0.3 is 10.1 Å². The Bertz CT molecular complexity index is 790. The zero-order chi connectivity index (χ0) is 15.7. The summed E-state index contributed by atoms with van der Waals surface area (Å²) in [4.78, 5) is 18.2. The summed E-state index contributed by atoms with van der Waals surface area (Å²) in [5.74, 6) is -1.10. The molecule has 22 heavy (non-hydrogen) atoms. The van der Waals surface area contributed by atoms with Crippen molar-refractivity contribution in [2.45, 2.75) is 13.3 Å². The minimum atomic E-state index is -1.04. The monoisotopic (exact) mass is 298 g/mol. The molecule has 1 aliphatic carbocycles. The summed E-state index contributed by atoms with van der Waals surface area (Å²) >= 11 is 0. The molecule has 1 aliphatic rings. The van der Waals surface area contributed by atoms with Crippen LogP contribution in [0.4, 0.5) is 4.39 Å². The number of nitrogens with one attached hydrogen (secondary N) is 1. The molecule has 0 aromatic carbocycles. The van der Waals surface area contributed by atoms with Gasteiger partial charge in [-0.05, 0) is 30.0 Å². The van der Waals surface area contributed by atoms with Crippen molar-refractivity contribution in [1.29, 1.82) is 0 Å². The number of aromatic carboxylic acids is 1. The first-order valence-electron chi connectivity index (χ1n) is 7.01. The van der Waals surface area contributed by atoms with Crippen LogP contribution in [0.15, 0.2) is 42.8 Å². The van der Waals surface area contributed by atoms with Crippen LogP contribution < -0.4 is 0 Å². The summed E-state index contributed by atoms with van der Waals surface area (Å²) < 4.78 is 13.9. The number of rotatable bonds is 3. The number of nitrogens with zero attached hydrogens (tertiary/aromatic N) is 1. The lowest BCUT2D eigenvalue weighted by Gasteiger charge is -2.11. The summed E-state index contributed by atoms with van der Waals surface area (Å²) in [6.45, 7) is 2.09. The zero-order valence-corrected chi connectivity index (χ0v) is 12.0. The van der Waals surface area contributed by atoms with Gasteiger partial charge in [0, 0.05) is 17.5 Å². The van der Waals surface area contributed by atoms with E-state index in [2.05, 4.69) is 16.9 Å². The van der Waals surface area contributed by atoms with Gasteiger partial charge in [-0.3, -0.25) is 4.98 Å². The Balaban J connectivity index is 2.10. The molecule has 1 atom stereocenters.